The number of fused-ring (bicyclic) bond motifs is 1. The molecule has 0 amide bonds. The van der Waals surface area contributed by atoms with Gasteiger partial charge in [0.1, 0.15) is 5.78 Å². The van der Waals surface area contributed by atoms with Crippen molar-refractivity contribution in [1.29, 1.82) is 0 Å². The normalized spacial score (nSPS) is 45.2. The predicted molar refractivity (Wildman–Crippen MR) is 91.9 cm³/mol. The summed E-state index contributed by atoms with van der Waals surface area (Å²) >= 11 is 0. The van der Waals surface area contributed by atoms with Crippen molar-refractivity contribution in [2.24, 2.45) is 23.2 Å². The molecule has 0 bridgehead atoms. The van der Waals surface area contributed by atoms with Crippen LogP contribution in [0.5, 0.6) is 0 Å². The molecule has 0 aromatic heterocycles. The molecule has 0 spiro atoms. The van der Waals surface area contributed by atoms with E-state index in [2.05, 4.69) is 13.8 Å². The molecule has 4 fully saturated rings. The van der Waals surface area contributed by atoms with Gasteiger partial charge in [0.15, 0.2) is 12.6 Å². The van der Waals surface area contributed by atoms with Gasteiger partial charge in [0, 0.05) is 24.2 Å². The number of rotatable bonds is 5. The molecule has 5 heteroatoms. The minimum absolute atomic E-state index is 0.00686. The summed E-state index contributed by atoms with van der Waals surface area (Å²) < 4.78 is 23.2. The standard InChI is InChI=1S/C20H32O5/c1-13-10-16(21)12-15(4-3-5-18-22-8-9-23-18)20(13,2)17-11-14-6-7-24-19(14)25-17/h13-15,17-19H,3-12H2,1-2H3/t13-,14-,15+,17+,19+,20+/m1/s1. The van der Waals surface area contributed by atoms with Crippen LogP contribution in [0.1, 0.15) is 58.8 Å². The van der Waals surface area contributed by atoms with Crippen molar-refractivity contribution in [3.05, 3.63) is 0 Å². The average molecular weight is 352 g/mol. The van der Waals surface area contributed by atoms with Gasteiger partial charge in [-0.2, -0.15) is 0 Å². The molecule has 0 aromatic carbocycles. The van der Waals surface area contributed by atoms with E-state index in [9.17, 15) is 4.79 Å². The maximum absolute atomic E-state index is 12.3. The molecule has 6 atom stereocenters. The highest BCUT2D eigenvalue weighted by Gasteiger charge is 2.54. The molecule has 25 heavy (non-hydrogen) atoms. The van der Waals surface area contributed by atoms with E-state index in [1.807, 2.05) is 0 Å². The summed E-state index contributed by atoms with van der Waals surface area (Å²) in [5.41, 5.74) is 0.0546. The first-order valence-electron chi connectivity index (χ1n) is 10.1. The van der Waals surface area contributed by atoms with Crippen molar-refractivity contribution >= 4 is 5.78 Å². The first-order chi connectivity index (χ1) is 12.1. The first-order valence-corrected chi connectivity index (χ1v) is 10.1. The number of ether oxygens (including phenoxy) is 4. The third-order valence-corrected chi connectivity index (χ3v) is 7.30. The van der Waals surface area contributed by atoms with Crippen molar-refractivity contribution in [2.45, 2.75) is 77.5 Å². The zero-order valence-corrected chi connectivity index (χ0v) is 15.6. The van der Waals surface area contributed by atoms with Crippen LogP contribution < -0.4 is 0 Å². The summed E-state index contributed by atoms with van der Waals surface area (Å²) in [6.07, 6.45) is 6.78. The van der Waals surface area contributed by atoms with Gasteiger partial charge in [0.2, 0.25) is 0 Å². The summed E-state index contributed by atoms with van der Waals surface area (Å²) in [4.78, 5) is 12.3. The highest BCUT2D eigenvalue weighted by Crippen LogP contribution is 2.54. The van der Waals surface area contributed by atoms with Crippen LogP contribution in [0.2, 0.25) is 0 Å². The molecule has 1 aliphatic carbocycles. The summed E-state index contributed by atoms with van der Waals surface area (Å²) in [7, 11) is 0. The fourth-order valence-electron chi connectivity index (χ4n) is 5.52. The van der Waals surface area contributed by atoms with Crippen LogP contribution >= 0.6 is 0 Å². The molecule has 0 radical (unpaired) electrons. The van der Waals surface area contributed by atoms with Gasteiger partial charge in [-0.25, -0.2) is 0 Å². The zero-order valence-electron chi connectivity index (χ0n) is 15.6. The third kappa shape index (κ3) is 3.41. The molecular weight excluding hydrogens is 320 g/mol. The minimum atomic E-state index is -0.0431. The van der Waals surface area contributed by atoms with E-state index in [0.717, 1.165) is 38.7 Å². The molecular formula is C20H32O5. The van der Waals surface area contributed by atoms with Crippen LogP contribution in [0.3, 0.4) is 0 Å². The van der Waals surface area contributed by atoms with Gasteiger partial charge in [-0.3, -0.25) is 4.79 Å². The molecule has 3 saturated heterocycles. The predicted octanol–water partition coefficient (Wildman–Crippen LogP) is 3.30. The van der Waals surface area contributed by atoms with Gasteiger partial charge in [0.25, 0.3) is 0 Å². The summed E-state index contributed by atoms with van der Waals surface area (Å²) in [6.45, 7) is 6.85. The van der Waals surface area contributed by atoms with Gasteiger partial charge in [-0.15, -0.1) is 0 Å². The molecule has 4 aliphatic rings. The second-order valence-corrected chi connectivity index (χ2v) is 8.66. The van der Waals surface area contributed by atoms with Crippen molar-refractivity contribution < 1.29 is 23.7 Å². The maximum Gasteiger partial charge on any atom is 0.160 e. The Morgan fingerprint density at radius 1 is 1.08 bits per heavy atom. The van der Waals surface area contributed by atoms with E-state index in [4.69, 9.17) is 18.9 Å². The number of hydrogen-bond donors (Lipinski definition) is 0. The van der Waals surface area contributed by atoms with E-state index in [1.165, 1.54) is 0 Å². The van der Waals surface area contributed by atoms with Crippen LogP contribution in [0.25, 0.3) is 0 Å². The topological polar surface area (TPSA) is 54.0 Å². The largest absolute Gasteiger partial charge is 0.352 e. The van der Waals surface area contributed by atoms with E-state index >= 15 is 0 Å². The van der Waals surface area contributed by atoms with E-state index in [1.54, 1.807) is 0 Å². The lowest BCUT2D eigenvalue weighted by Crippen LogP contribution is -2.49. The number of carbonyl (C=O) groups excluding carboxylic acids is 1. The Kier molecular flexibility index (Phi) is 5.20. The minimum Gasteiger partial charge on any atom is -0.352 e. The van der Waals surface area contributed by atoms with Crippen LogP contribution in [0, 0.1) is 23.2 Å². The number of ketones is 1. The molecule has 4 rings (SSSR count). The highest BCUT2D eigenvalue weighted by molar-refractivity contribution is 5.80. The lowest BCUT2D eigenvalue weighted by Gasteiger charge is -2.49. The summed E-state index contributed by atoms with van der Waals surface area (Å²) in [6, 6.07) is 0. The Balaban J connectivity index is 1.42. The van der Waals surface area contributed by atoms with E-state index < -0.39 is 0 Å². The van der Waals surface area contributed by atoms with Crippen LogP contribution in [0.4, 0.5) is 0 Å². The monoisotopic (exact) mass is 352 g/mol. The molecule has 0 aromatic rings. The van der Waals surface area contributed by atoms with E-state index in [-0.39, 0.29) is 24.1 Å². The Morgan fingerprint density at radius 2 is 1.88 bits per heavy atom. The lowest BCUT2D eigenvalue weighted by atomic mass is 9.57. The lowest BCUT2D eigenvalue weighted by molar-refractivity contribution is -0.173. The quantitative estimate of drug-likeness (QED) is 0.760. The van der Waals surface area contributed by atoms with Crippen molar-refractivity contribution in [3.63, 3.8) is 0 Å². The van der Waals surface area contributed by atoms with Crippen LogP contribution in [-0.4, -0.2) is 44.3 Å². The second kappa shape index (κ2) is 7.26. The molecule has 3 heterocycles. The Morgan fingerprint density at radius 3 is 2.64 bits per heavy atom. The van der Waals surface area contributed by atoms with E-state index in [0.29, 0.717) is 49.6 Å². The molecule has 5 nitrogen and oxygen atoms in total. The average Bonchev–Trinajstić information content (AvgIpc) is 3.28. The van der Waals surface area contributed by atoms with Gasteiger partial charge < -0.3 is 18.9 Å². The fourth-order valence-corrected chi connectivity index (χ4v) is 5.52. The smallest absolute Gasteiger partial charge is 0.160 e. The number of hydrogen-bond acceptors (Lipinski definition) is 5. The van der Waals surface area contributed by atoms with Crippen molar-refractivity contribution in [1.82, 2.24) is 0 Å². The van der Waals surface area contributed by atoms with Gasteiger partial charge in [-0.05, 0) is 43.9 Å². The first kappa shape index (κ1) is 17.9. The molecule has 142 valence electrons. The molecule has 0 unspecified atom stereocenters. The molecule has 3 aliphatic heterocycles. The number of Topliss-reactive ketones (excluding diaryl/α,β-unsaturated/α-hetero) is 1. The van der Waals surface area contributed by atoms with Crippen molar-refractivity contribution in [3.8, 4) is 0 Å². The Bertz CT molecular complexity index is 476. The number of carbonyl (C=O) groups is 1. The summed E-state index contributed by atoms with van der Waals surface area (Å²) in [5, 5.41) is 0. The Hall–Kier alpha value is -0.490. The van der Waals surface area contributed by atoms with Crippen molar-refractivity contribution in [2.75, 3.05) is 19.8 Å². The summed E-state index contributed by atoms with van der Waals surface area (Å²) in [5.74, 6) is 1.71. The van der Waals surface area contributed by atoms with Gasteiger partial charge >= 0.3 is 0 Å². The second-order valence-electron chi connectivity index (χ2n) is 8.66. The molecule has 0 N–H and O–H groups in total. The maximum atomic E-state index is 12.3. The van der Waals surface area contributed by atoms with Gasteiger partial charge in [0.05, 0.1) is 25.9 Å². The van der Waals surface area contributed by atoms with Gasteiger partial charge in [-0.1, -0.05) is 13.8 Å². The third-order valence-electron chi connectivity index (χ3n) is 7.30. The van der Waals surface area contributed by atoms with Crippen LogP contribution in [0.15, 0.2) is 0 Å². The fraction of sp³-hybridized carbons (Fsp3) is 0.950. The Labute approximate surface area is 150 Å². The van der Waals surface area contributed by atoms with Crippen LogP contribution in [-0.2, 0) is 23.7 Å². The SMILES string of the molecule is C[C@@H]1CC(=O)C[C@H](CCCC2OCCO2)[C@@]1(C)[C@@H]1C[C@H]2CCO[C@H]2O1. The molecule has 1 saturated carbocycles. The zero-order chi connectivity index (χ0) is 17.4. The highest BCUT2D eigenvalue weighted by atomic mass is 16.7.